The molecule has 0 aliphatic carbocycles. The Morgan fingerprint density at radius 2 is 1.55 bits per heavy atom. The monoisotopic (exact) mass is 403 g/mol. The number of ether oxygens (including phenoxy) is 3. The van der Waals surface area contributed by atoms with Gasteiger partial charge >= 0.3 is 17.9 Å². The Morgan fingerprint density at radius 3 is 2.10 bits per heavy atom. The molecule has 0 heterocycles. The molecule has 0 bridgehead atoms. The van der Waals surface area contributed by atoms with Gasteiger partial charge in [0, 0.05) is 5.69 Å². The van der Waals surface area contributed by atoms with E-state index in [0.717, 1.165) is 0 Å². The van der Waals surface area contributed by atoms with Crippen molar-refractivity contribution < 1.29 is 37.8 Å². The van der Waals surface area contributed by atoms with Gasteiger partial charge in [-0.1, -0.05) is 12.1 Å². The lowest BCUT2D eigenvalue weighted by Gasteiger charge is -2.10. The minimum absolute atomic E-state index is 0.0220. The molecule has 9 heteroatoms. The van der Waals surface area contributed by atoms with Gasteiger partial charge in [-0.15, -0.1) is 0 Å². The molecule has 29 heavy (non-hydrogen) atoms. The van der Waals surface area contributed by atoms with E-state index in [9.17, 15) is 23.6 Å². The molecular formula is C20H18FNO7. The van der Waals surface area contributed by atoms with Crippen LogP contribution in [0.2, 0.25) is 0 Å². The van der Waals surface area contributed by atoms with Gasteiger partial charge in [0.05, 0.1) is 31.8 Å². The van der Waals surface area contributed by atoms with Crippen LogP contribution in [0.25, 0.3) is 0 Å². The summed E-state index contributed by atoms with van der Waals surface area (Å²) in [5.41, 5.74) is 0.561. The first-order valence-electron chi connectivity index (χ1n) is 8.34. The van der Waals surface area contributed by atoms with Gasteiger partial charge in [-0.3, -0.25) is 9.59 Å². The molecule has 152 valence electrons. The second-order valence-electron chi connectivity index (χ2n) is 5.80. The van der Waals surface area contributed by atoms with Crippen molar-refractivity contribution in [3.63, 3.8) is 0 Å². The standard InChI is InChI=1S/C20H18FNO7/c1-27-19(25)13-8-14(20(26)28-2)10-16(9-13)22-17(23)11-29-18(24)7-12-4-3-5-15(21)6-12/h3-6,8-10H,7,11H2,1-2H3,(H,22,23). The van der Waals surface area contributed by atoms with Gasteiger partial charge < -0.3 is 19.5 Å². The predicted octanol–water partition coefficient (Wildman–Crippen LogP) is 2.12. The molecule has 2 aromatic carbocycles. The highest BCUT2D eigenvalue weighted by Gasteiger charge is 2.16. The van der Waals surface area contributed by atoms with Crippen molar-refractivity contribution in [2.75, 3.05) is 26.1 Å². The van der Waals surface area contributed by atoms with E-state index in [1.54, 1.807) is 6.07 Å². The summed E-state index contributed by atoms with van der Waals surface area (Å²) in [6.07, 6.45) is -0.199. The molecule has 0 aliphatic heterocycles. The molecular weight excluding hydrogens is 385 g/mol. The van der Waals surface area contributed by atoms with Gasteiger partial charge in [0.2, 0.25) is 0 Å². The first-order valence-corrected chi connectivity index (χ1v) is 8.34. The summed E-state index contributed by atoms with van der Waals surface area (Å²) in [7, 11) is 2.34. The highest BCUT2D eigenvalue weighted by atomic mass is 19.1. The van der Waals surface area contributed by atoms with Crippen LogP contribution in [0.5, 0.6) is 0 Å². The molecule has 8 nitrogen and oxygen atoms in total. The van der Waals surface area contributed by atoms with Crippen molar-refractivity contribution in [1.29, 1.82) is 0 Å². The van der Waals surface area contributed by atoms with Crippen LogP contribution in [0.4, 0.5) is 10.1 Å². The molecule has 1 amide bonds. The topological polar surface area (TPSA) is 108 Å². The molecule has 0 fully saturated rings. The zero-order valence-corrected chi connectivity index (χ0v) is 15.7. The van der Waals surface area contributed by atoms with E-state index in [4.69, 9.17) is 4.74 Å². The maximum absolute atomic E-state index is 13.1. The van der Waals surface area contributed by atoms with E-state index in [-0.39, 0.29) is 23.2 Å². The summed E-state index contributed by atoms with van der Waals surface area (Å²) in [4.78, 5) is 47.3. The summed E-state index contributed by atoms with van der Waals surface area (Å²) in [6, 6.07) is 9.29. The maximum Gasteiger partial charge on any atom is 0.337 e. The Bertz CT molecular complexity index is 908. The van der Waals surface area contributed by atoms with Crippen molar-refractivity contribution >= 4 is 29.5 Å². The van der Waals surface area contributed by atoms with Crippen LogP contribution in [0.15, 0.2) is 42.5 Å². The van der Waals surface area contributed by atoms with Gasteiger partial charge in [0.1, 0.15) is 5.82 Å². The largest absolute Gasteiger partial charge is 0.465 e. The Hall–Kier alpha value is -3.75. The lowest BCUT2D eigenvalue weighted by atomic mass is 10.1. The van der Waals surface area contributed by atoms with Crippen molar-refractivity contribution in [1.82, 2.24) is 0 Å². The first-order chi connectivity index (χ1) is 13.8. The fraction of sp³-hybridized carbons (Fsp3) is 0.200. The number of carbonyl (C=O) groups is 4. The van der Waals surface area contributed by atoms with Gasteiger partial charge in [-0.2, -0.15) is 0 Å². The minimum Gasteiger partial charge on any atom is -0.465 e. The van der Waals surface area contributed by atoms with E-state index >= 15 is 0 Å². The van der Waals surface area contributed by atoms with E-state index in [0.29, 0.717) is 5.56 Å². The smallest absolute Gasteiger partial charge is 0.337 e. The van der Waals surface area contributed by atoms with Crippen LogP contribution in [-0.4, -0.2) is 44.6 Å². The Labute approximate surface area is 165 Å². The van der Waals surface area contributed by atoms with Crippen LogP contribution < -0.4 is 5.32 Å². The van der Waals surface area contributed by atoms with E-state index in [2.05, 4.69) is 14.8 Å². The predicted molar refractivity (Wildman–Crippen MR) is 98.8 cm³/mol. The fourth-order valence-corrected chi connectivity index (χ4v) is 2.38. The van der Waals surface area contributed by atoms with Gasteiger partial charge in [-0.25, -0.2) is 14.0 Å². The molecule has 0 atom stereocenters. The molecule has 0 radical (unpaired) electrons. The quantitative estimate of drug-likeness (QED) is 0.557. The SMILES string of the molecule is COC(=O)c1cc(NC(=O)COC(=O)Cc2cccc(F)c2)cc(C(=O)OC)c1. The van der Waals surface area contributed by atoms with Crippen LogP contribution in [-0.2, 0) is 30.2 Å². The van der Waals surface area contributed by atoms with Crippen LogP contribution >= 0.6 is 0 Å². The second kappa shape index (κ2) is 9.98. The highest BCUT2D eigenvalue weighted by Crippen LogP contribution is 2.17. The van der Waals surface area contributed by atoms with Crippen LogP contribution in [0.3, 0.4) is 0 Å². The lowest BCUT2D eigenvalue weighted by Crippen LogP contribution is -2.22. The average Bonchev–Trinajstić information content (AvgIpc) is 2.70. The zero-order valence-electron chi connectivity index (χ0n) is 15.7. The molecule has 0 unspecified atom stereocenters. The normalized spacial score (nSPS) is 10.0. The fourth-order valence-electron chi connectivity index (χ4n) is 2.38. The highest BCUT2D eigenvalue weighted by molar-refractivity contribution is 6.00. The molecule has 0 spiro atoms. The van der Waals surface area contributed by atoms with Gasteiger partial charge in [-0.05, 0) is 35.9 Å². The van der Waals surface area contributed by atoms with E-state index < -0.39 is 36.2 Å². The molecule has 2 aromatic rings. The number of amides is 1. The van der Waals surface area contributed by atoms with Gasteiger partial charge in [0.15, 0.2) is 6.61 Å². The second-order valence-corrected chi connectivity index (χ2v) is 5.80. The summed E-state index contributed by atoms with van der Waals surface area (Å²) in [6.45, 7) is -0.607. The van der Waals surface area contributed by atoms with E-state index in [1.807, 2.05) is 0 Å². The number of hydrogen-bond acceptors (Lipinski definition) is 7. The zero-order chi connectivity index (χ0) is 21.4. The number of nitrogens with one attached hydrogen (secondary N) is 1. The molecule has 0 saturated heterocycles. The third kappa shape index (κ3) is 6.42. The van der Waals surface area contributed by atoms with E-state index in [1.165, 1.54) is 50.6 Å². The maximum atomic E-state index is 13.1. The van der Waals surface area contributed by atoms with Crippen LogP contribution in [0.1, 0.15) is 26.3 Å². The average molecular weight is 403 g/mol. The molecule has 0 aliphatic rings. The first kappa shape index (κ1) is 21.5. The number of hydrogen-bond donors (Lipinski definition) is 1. The summed E-state index contributed by atoms with van der Waals surface area (Å²) >= 11 is 0. The Morgan fingerprint density at radius 1 is 0.931 bits per heavy atom. The van der Waals surface area contributed by atoms with Crippen molar-refractivity contribution in [3.8, 4) is 0 Å². The Kier molecular flexibility index (Phi) is 7.41. The van der Waals surface area contributed by atoms with Gasteiger partial charge in [0.25, 0.3) is 5.91 Å². The molecule has 2 rings (SSSR count). The Balaban J connectivity index is 2.01. The number of carbonyl (C=O) groups excluding carboxylic acids is 4. The number of anilines is 1. The summed E-state index contributed by atoms with van der Waals surface area (Å²) in [5, 5.41) is 2.42. The summed E-state index contributed by atoms with van der Waals surface area (Å²) < 4.78 is 27.2. The van der Waals surface area contributed by atoms with Crippen LogP contribution in [0, 0.1) is 5.82 Å². The number of methoxy groups -OCH3 is 2. The van der Waals surface area contributed by atoms with Crippen molar-refractivity contribution in [2.45, 2.75) is 6.42 Å². The molecule has 0 aromatic heterocycles. The van der Waals surface area contributed by atoms with Crippen molar-refractivity contribution in [2.24, 2.45) is 0 Å². The number of rotatable bonds is 7. The summed E-state index contributed by atoms with van der Waals surface area (Å²) in [5.74, 6) is -3.33. The number of esters is 3. The third-order valence-electron chi connectivity index (χ3n) is 3.66. The number of benzene rings is 2. The molecule has 1 N–H and O–H groups in total. The van der Waals surface area contributed by atoms with Crippen molar-refractivity contribution in [3.05, 3.63) is 65.0 Å². The lowest BCUT2D eigenvalue weighted by molar-refractivity contribution is -0.146. The minimum atomic E-state index is -0.718. The molecule has 0 saturated carbocycles. The third-order valence-corrected chi connectivity index (χ3v) is 3.66. The number of halogens is 1.